The molecule has 0 atom stereocenters. The molecule has 2 aromatic heterocycles. The van der Waals surface area contributed by atoms with E-state index in [4.69, 9.17) is 9.47 Å². The summed E-state index contributed by atoms with van der Waals surface area (Å²) in [4.78, 5) is 14.4. The van der Waals surface area contributed by atoms with Crippen LogP contribution >= 0.6 is 0 Å². The van der Waals surface area contributed by atoms with Gasteiger partial charge in [-0.2, -0.15) is 9.78 Å². The predicted octanol–water partition coefficient (Wildman–Crippen LogP) is 0.0800. The van der Waals surface area contributed by atoms with E-state index in [0.717, 1.165) is 0 Å². The van der Waals surface area contributed by atoms with Gasteiger partial charge in [0.05, 0.1) is 0 Å². The topological polar surface area (TPSA) is 118 Å². The number of hydrogen-bond donors (Lipinski definition) is 1. The number of hydrogen-bond acceptors (Lipinski definition) is 7. The fraction of sp³-hybridized carbons (Fsp3) is 0.0833. The molecule has 9 heteroatoms. The number of fused-ring (bicyclic) bond motifs is 2. The lowest BCUT2D eigenvalue weighted by atomic mass is 10.1. The molecule has 0 saturated carbocycles. The zero-order chi connectivity index (χ0) is 14.4. The van der Waals surface area contributed by atoms with E-state index in [2.05, 4.69) is 20.5 Å². The van der Waals surface area contributed by atoms with Crippen molar-refractivity contribution in [2.75, 3.05) is 6.79 Å². The highest BCUT2D eigenvalue weighted by Crippen LogP contribution is 2.36. The van der Waals surface area contributed by atoms with Crippen LogP contribution in [0.15, 0.2) is 23.0 Å². The summed E-state index contributed by atoms with van der Waals surface area (Å²) in [5, 5.41) is 20.2. The van der Waals surface area contributed by atoms with Crippen LogP contribution in [0.3, 0.4) is 0 Å². The van der Waals surface area contributed by atoms with Crippen LogP contribution in [0.1, 0.15) is 5.56 Å². The van der Waals surface area contributed by atoms with Crippen LogP contribution in [-0.4, -0.2) is 31.8 Å². The molecule has 1 aliphatic heterocycles. The Balaban J connectivity index is 2.08. The maximum absolute atomic E-state index is 11.9. The quantitative estimate of drug-likeness (QED) is 0.671. The number of rotatable bonds is 1. The molecule has 1 aromatic carbocycles. The molecule has 0 fully saturated rings. The molecule has 0 radical (unpaired) electrons. The van der Waals surface area contributed by atoms with Crippen LogP contribution in [0.4, 0.5) is 0 Å². The van der Waals surface area contributed by atoms with Gasteiger partial charge in [0.1, 0.15) is 17.3 Å². The second-order valence-electron chi connectivity index (χ2n) is 4.27. The van der Waals surface area contributed by atoms with Gasteiger partial charge in [-0.05, 0) is 28.6 Å². The van der Waals surface area contributed by atoms with E-state index in [0.29, 0.717) is 22.8 Å². The lowest BCUT2D eigenvalue weighted by molar-refractivity contribution is 0.174. The van der Waals surface area contributed by atoms with E-state index >= 15 is 0 Å². The Morgan fingerprint density at radius 2 is 2.19 bits per heavy atom. The Hall–Kier alpha value is -3.41. The third kappa shape index (κ3) is 1.56. The van der Waals surface area contributed by atoms with Gasteiger partial charge in [0.25, 0.3) is 11.3 Å². The monoisotopic (exact) mass is 282 g/mol. The van der Waals surface area contributed by atoms with Crippen LogP contribution in [0, 0.1) is 11.3 Å². The maximum atomic E-state index is 11.9. The number of aromatic nitrogens is 5. The average Bonchev–Trinajstić information content (AvgIpc) is 3.13. The minimum absolute atomic E-state index is 0.0753. The minimum atomic E-state index is -0.549. The molecule has 0 amide bonds. The van der Waals surface area contributed by atoms with Gasteiger partial charge in [0.15, 0.2) is 11.5 Å². The second-order valence-corrected chi connectivity index (χ2v) is 4.27. The summed E-state index contributed by atoms with van der Waals surface area (Å²) in [6.07, 6.45) is 0. The SMILES string of the molecule is N#Cc1c(-c2ccc3c(c2)OCO3)n2nnnc2[nH]c1=O. The van der Waals surface area contributed by atoms with Crippen LogP contribution in [0.25, 0.3) is 17.0 Å². The van der Waals surface area contributed by atoms with E-state index in [1.54, 1.807) is 18.2 Å². The summed E-state index contributed by atoms with van der Waals surface area (Å²) in [5.41, 5.74) is 0.264. The van der Waals surface area contributed by atoms with Gasteiger partial charge in [-0.1, -0.05) is 5.10 Å². The number of aromatic amines is 1. The fourth-order valence-electron chi connectivity index (χ4n) is 2.21. The van der Waals surface area contributed by atoms with Crippen molar-refractivity contribution in [3.05, 3.63) is 34.1 Å². The summed E-state index contributed by atoms with van der Waals surface area (Å²) in [5.74, 6) is 1.31. The number of tetrazole rings is 1. The molecule has 3 aromatic rings. The smallest absolute Gasteiger partial charge is 0.270 e. The summed E-state index contributed by atoms with van der Waals surface area (Å²) >= 11 is 0. The Morgan fingerprint density at radius 1 is 1.33 bits per heavy atom. The highest BCUT2D eigenvalue weighted by molar-refractivity contribution is 5.71. The van der Waals surface area contributed by atoms with Crippen LogP contribution < -0.4 is 15.0 Å². The van der Waals surface area contributed by atoms with Crippen LogP contribution in [0.5, 0.6) is 11.5 Å². The van der Waals surface area contributed by atoms with Crippen molar-refractivity contribution in [3.63, 3.8) is 0 Å². The normalized spacial score (nSPS) is 12.5. The second kappa shape index (κ2) is 4.04. The van der Waals surface area contributed by atoms with Gasteiger partial charge in [0, 0.05) is 5.56 Å². The third-order valence-electron chi connectivity index (χ3n) is 3.13. The van der Waals surface area contributed by atoms with E-state index in [1.807, 2.05) is 6.07 Å². The first-order valence-corrected chi connectivity index (χ1v) is 5.92. The Morgan fingerprint density at radius 3 is 3.05 bits per heavy atom. The van der Waals surface area contributed by atoms with E-state index in [9.17, 15) is 10.1 Å². The molecule has 3 heterocycles. The number of nitrogens with one attached hydrogen (secondary N) is 1. The Bertz CT molecular complexity index is 967. The summed E-state index contributed by atoms with van der Waals surface area (Å²) in [7, 11) is 0. The predicted molar refractivity (Wildman–Crippen MR) is 67.7 cm³/mol. The van der Waals surface area contributed by atoms with Gasteiger partial charge in [-0.3, -0.25) is 9.78 Å². The first-order valence-electron chi connectivity index (χ1n) is 5.92. The Labute approximate surface area is 116 Å². The average molecular weight is 282 g/mol. The largest absolute Gasteiger partial charge is 0.454 e. The molecular weight excluding hydrogens is 276 g/mol. The third-order valence-corrected chi connectivity index (χ3v) is 3.13. The first kappa shape index (κ1) is 11.4. The van der Waals surface area contributed by atoms with Crippen molar-refractivity contribution in [1.82, 2.24) is 25.0 Å². The van der Waals surface area contributed by atoms with Gasteiger partial charge in [-0.15, -0.1) is 0 Å². The van der Waals surface area contributed by atoms with Gasteiger partial charge in [-0.25, -0.2) is 0 Å². The molecule has 0 spiro atoms. The lowest BCUT2D eigenvalue weighted by Crippen LogP contribution is -2.16. The fourth-order valence-corrected chi connectivity index (χ4v) is 2.21. The molecule has 102 valence electrons. The summed E-state index contributed by atoms with van der Waals surface area (Å²) < 4.78 is 11.8. The molecule has 0 saturated heterocycles. The number of nitrogens with zero attached hydrogens (tertiary/aromatic N) is 5. The first-order chi connectivity index (χ1) is 10.3. The molecule has 1 N–H and O–H groups in total. The van der Waals surface area contributed by atoms with Crippen LogP contribution in [-0.2, 0) is 0 Å². The van der Waals surface area contributed by atoms with Gasteiger partial charge >= 0.3 is 0 Å². The summed E-state index contributed by atoms with van der Waals surface area (Å²) in [6, 6.07) is 6.98. The van der Waals surface area contributed by atoms with Crippen molar-refractivity contribution < 1.29 is 9.47 Å². The van der Waals surface area contributed by atoms with Crippen molar-refractivity contribution in [3.8, 4) is 28.8 Å². The van der Waals surface area contributed by atoms with Crippen molar-refractivity contribution in [1.29, 1.82) is 5.26 Å². The number of benzene rings is 1. The standard InChI is InChI=1S/C12H6N6O3/c13-4-7-10(18-12(14-11(7)19)15-16-17-18)6-1-2-8-9(3-6)21-5-20-8/h1-3H,5H2,(H,14,15,17,19). The highest BCUT2D eigenvalue weighted by atomic mass is 16.7. The van der Waals surface area contributed by atoms with E-state index in [1.165, 1.54) is 4.52 Å². The lowest BCUT2D eigenvalue weighted by Gasteiger charge is -2.06. The molecule has 9 nitrogen and oxygen atoms in total. The van der Waals surface area contributed by atoms with Gasteiger partial charge in [0.2, 0.25) is 6.79 Å². The zero-order valence-corrected chi connectivity index (χ0v) is 10.4. The molecular formula is C12H6N6O3. The molecule has 0 bridgehead atoms. The Kier molecular flexibility index (Phi) is 2.20. The number of ether oxygens (including phenoxy) is 2. The number of H-pyrrole nitrogens is 1. The van der Waals surface area contributed by atoms with Crippen molar-refractivity contribution in [2.45, 2.75) is 0 Å². The molecule has 4 rings (SSSR count). The van der Waals surface area contributed by atoms with E-state index < -0.39 is 5.56 Å². The molecule has 0 aliphatic carbocycles. The highest BCUT2D eigenvalue weighted by Gasteiger charge is 2.20. The van der Waals surface area contributed by atoms with Crippen LogP contribution in [0.2, 0.25) is 0 Å². The minimum Gasteiger partial charge on any atom is -0.454 e. The molecule has 21 heavy (non-hydrogen) atoms. The van der Waals surface area contributed by atoms with Crippen molar-refractivity contribution >= 4 is 5.78 Å². The van der Waals surface area contributed by atoms with Crippen molar-refractivity contribution in [2.24, 2.45) is 0 Å². The number of nitriles is 1. The zero-order valence-electron chi connectivity index (χ0n) is 10.4. The molecule has 1 aliphatic rings. The van der Waals surface area contributed by atoms with E-state index in [-0.39, 0.29) is 18.1 Å². The summed E-state index contributed by atoms with van der Waals surface area (Å²) in [6.45, 7) is 0.138. The maximum Gasteiger partial charge on any atom is 0.270 e. The molecule has 0 unspecified atom stereocenters. The van der Waals surface area contributed by atoms with Gasteiger partial charge < -0.3 is 9.47 Å².